The second-order valence-corrected chi connectivity index (χ2v) is 9.94. The number of allylic oxidation sites excluding steroid dienone is 3. The molecule has 0 unspecified atom stereocenters. The van der Waals surface area contributed by atoms with E-state index in [1.807, 2.05) is 48.7 Å². The molecule has 3 aromatic rings. The van der Waals surface area contributed by atoms with Gasteiger partial charge in [-0.1, -0.05) is 48.5 Å². The summed E-state index contributed by atoms with van der Waals surface area (Å²) < 4.78 is 19.4. The minimum absolute atomic E-state index is 0.00793. The lowest BCUT2D eigenvalue weighted by Crippen LogP contribution is -2.36. The lowest BCUT2D eigenvalue weighted by molar-refractivity contribution is -0.139. The van der Waals surface area contributed by atoms with Crippen LogP contribution < -0.4 is 5.32 Å². The van der Waals surface area contributed by atoms with Crippen molar-refractivity contribution in [1.82, 2.24) is 5.32 Å². The van der Waals surface area contributed by atoms with E-state index in [0.717, 1.165) is 11.3 Å². The highest BCUT2D eigenvalue weighted by molar-refractivity contribution is 7.10. The summed E-state index contributed by atoms with van der Waals surface area (Å²) >= 11 is 1.65. The Morgan fingerprint density at radius 3 is 2.54 bits per heavy atom. The van der Waals surface area contributed by atoms with Gasteiger partial charge in [0.15, 0.2) is 5.78 Å². The van der Waals surface area contributed by atoms with Crippen LogP contribution in [0.3, 0.4) is 0 Å². The number of carbonyl (C=O) groups is 2. The summed E-state index contributed by atoms with van der Waals surface area (Å²) in [6.45, 7) is 2.07. The molecular formula is C29H26FNO3S. The Bertz CT molecular complexity index is 1290. The van der Waals surface area contributed by atoms with Gasteiger partial charge in [-0.25, -0.2) is 9.18 Å². The Balaban J connectivity index is 1.46. The summed E-state index contributed by atoms with van der Waals surface area (Å²) in [5.41, 5.74) is 4.29. The monoisotopic (exact) mass is 487 g/mol. The minimum atomic E-state index is -0.590. The van der Waals surface area contributed by atoms with Crippen molar-refractivity contribution < 1.29 is 18.7 Å². The van der Waals surface area contributed by atoms with Gasteiger partial charge in [-0.2, -0.15) is 0 Å². The molecule has 1 aromatic heterocycles. The van der Waals surface area contributed by atoms with Crippen molar-refractivity contribution >= 4 is 23.1 Å². The molecule has 4 nitrogen and oxygen atoms in total. The van der Waals surface area contributed by atoms with Crippen molar-refractivity contribution in [1.29, 1.82) is 0 Å². The molecule has 0 fully saturated rings. The lowest BCUT2D eigenvalue weighted by Gasteiger charge is -2.36. The number of Topliss-reactive ketones (excluding diaryl/α,β-unsaturated/α-hetero) is 1. The molecule has 2 atom stereocenters. The van der Waals surface area contributed by atoms with Crippen LogP contribution in [0.4, 0.5) is 4.39 Å². The molecule has 0 spiro atoms. The van der Waals surface area contributed by atoms with Gasteiger partial charge in [-0.05, 0) is 48.1 Å². The van der Waals surface area contributed by atoms with Gasteiger partial charge < -0.3 is 10.1 Å². The summed E-state index contributed by atoms with van der Waals surface area (Å²) in [4.78, 5) is 28.1. The van der Waals surface area contributed by atoms with Crippen molar-refractivity contribution in [2.75, 3.05) is 6.61 Å². The van der Waals surface area contributed by atoms with E-state index in [4.69, 9.17) is 4.74 Å². The first-order valence-electron chi connectivity index (χ1n) is 11.7. The number of hydrogen-bond donors (Lipinski definition) is 1. The van der Waals surface area contributed by atoms with Gasteiger partial charge in [0, 0.05) is 46.5 Å². The zero-order chi connectivity index (χ0) is 24.4. The molecule has 35 heavy (non-hydrogen) atoms. The lowest BCUT2D eigenvalue weighted by atomic mass is 9.72. The van der Waals surface area contributed by atoms with Crippen molar-refractivity contribution in [3.63, 3.8) is 0 Å². The van der Waals surface area contributed by atoms with Crippen molar-refractivity contribution in [3.05, 3.63) is 116 Å². The van der Waals surface area contributed by atoms with Crippen LogP contribution in [0.2, 0.25) is 0 Å². The molecule has 2 heterocycles. The van der Waals surface area contributed by atoms with E-state index in [2.05, 4.69) is 11.4 Å². The van der Waals surface area contributed by atoms with E-state index in [1.54, 1.807) is 23.5 Å². The first-order chi connectivity index (χ1) is 17.0. The van der Waals surface area contributed by atoms with Crippen LogP contribution in [-0.4, -0.2) is 18.4 Å². The van der Waals surface area contributed by atoms with Gasteiger partial charge in [0.05, 0.1) is 12.2 Å². The molecule has 0 saturated carbocycles. The molecule has 0 bridgehead atoms. The van der Waals surface area contributed by atoms with Crippen molar-refractivity contribution in [2.24, 2.45) is 0 Å². The zero-order valence-electron chi connectivity index (χ0n) is 19.4. The molecule has 2 aromatic carbocycles. The maximum absolute atomic E-state index is 13.7. The SMILES string of the molecule is CC1=C(C(=O)OCCc2ccccc2)[C@H](c2ccc(F)cc2)C2=C(C[C@H](c3cccs3)CC2=O)N1. The molecule has 1 aliphatic carbocycles. The summed E-state index contributed by atoms with van der Waals surface area (Å²) in [6, 6.07) is 19.9. The standard InChI is InChI=1S/C29H26FNO3S/c1-18-26(29(33)34-14-13-19-6-3-2-4-7-19)27(20-9-11-22(30)12-10-20)28-23(31-18)16-21(17-24(28)32)25-8-5-15-35-25/h2-12,15,21,27,31H,13-14,16-17H2,1H3/t21-,27-/m0/s1. The van der Waals surface area contributed by atoms with Gasteiger partial charge in [-0.3, -0.25) is 4.79 Å². The summed E-state index contributed by atoms with van der Waals surface area (Å²) in [6.07, 6.45) is 1.67. The second kappa shape index (κ2) is 10.0. The fraction of sp³-hybridized carbons (Fsp3) is 0.241. The maximum Gasteiger partial charge on any atom is 0.336 e. The van der Waals surface area contributed by atoms with Gasteiger partial charge in [0.2, 0.25) is 0 Å². The number of ether oxygens (including phenoxy) is 1. The average Bonchev–Trinajstić information content (AvgIpc) is 3.39. The van der Waals surface area contributed by atoms with Gasteiger partial charge in [0.25, 0.3) is 0 Å². The Morgan fingerprint density at radius 1 is 1.06 bits per heavy atom. The number of ketones is 1. The van der Waals surface area contributed by atoms with Crippen LogP contribution in [-0.2, 0) is 20.7 Å². The van der Waals surface area contributed by atoms with E-state index in [1.165, 1.54) is 17.0 Å². The number of rotatable bonds is 6. The predicted octanol–water partition coefficient (Wildman–Crippen LogP) is 6.03. The Labute approximate surface area is 208 Å². The first-order valence-corrected chi connectivity index (χ1v) is 12.6. The second-order valence-electron chi connectivity index (χ2n) is 8.96. The summed E-state index contributed by atoms with van der Waals surface area (Å²) in [7, 11) is 0. The van der Waals surface area contributed by atoms with Crippen LogP contribution in [0.5, 0.6) is 0 Å². The third kappa shape index (κ3) is 4.84. The van der Waals surface area contributed by atoms with Gasteiger partial charge in [-0.15, -0.1) is 11.3 Å². The third-order valence-corrected chi connectivity index (χ3v) is 7.70. The zero-order valence-corrected chi connectivity index (χ0v) is 20.2. The molecule has 1 N–H and O–H groups in total. The smallest absolute Gasteiger partial charge is 0.336 e. The molecule has 178 valence electrons. The molecule has 0 saturated heterocycles. The topological polar surface area (TPSA) is 55.4 Å². The van der Waals surface area contributed by atoms with Gasteiger partial charge in [0.1, 0.15) is 5.82 Å². The maximum atomic E-state index is 13.7. The fourth-order valence-corrected chi connectivity index (χ4v) is 5.84. The largest absolute Gasteiger partial charge is 0.462 e. The van der Waals surface area contributed by atoms with Crippen LogP contribution in [0.25, 0.3) is 0 Å². The highest BCUT2D eigenvalue weighted by atomic mass is 32.1. The number of halogens is 1. The van der Waals surface area contributed by atoms with Crippen LogP contribution in [0.1, 0.15) is 47.6 Å². The molecule has 1 aliphatic heterocycles. The van der Waals surface area contributed by atoms with Crippen LogP contribution in [0, 0.1) is 5.82 Å². The average molecular weight is 488 g/mol. The van der Waals surface area contributed by atoms with Gasteiger partial charge >= 0.3 is 5.97 Å². The van der Waals surface area contributed by atoms with Crippen LogP contribution in [0.15, 0.2) is 94.7 Å². The quantitative estimate of drug-likeness (QED) is 0.431. The van der Waals surface area contributed by atoms with Crippen molar-refractivity contribution in [3.8, 4) is 0 Å². The van der Waals surface area contributed by atoms with Crippen molar-refractivity contribution in [2.45, 2.75) is 38.0 Å². The molecule has 6 heteroatoms. The fourth-order valence-electron chi connectivity index (χ4n) is 5.01. The normalized spacial score (nSPS) is 19.9. The number of hydrogen-bond acceptors (Lipinski definition) is 5. The third-order valence-electron chi connectivity index (χ3n) is 6.66. The van der Waals surface area contributed by atoms with E-state index >= 15 is 0 Å². The number of thiophene rings is 1. The summed E-state index contributed by atoms with van der Waals surface area (Å²) in [5, 5.41) is 5.38. The number of carbonyl (C=O) groups excluding carboxylic acids is 2. The number of benzene rings is 2. The Morgan fingerprint density at radius 2 is 1.83 bits per heavy atom. The van der Waals surface area contributed by atoms with E-state index in [9.17, 15) is 14.0 Å². The minimum Gasteiger partial charge on any atom is -0.462 e. The molecule has 0 amide bonds. The first kappa shape index (κ1) is 23.2. The van der Waals surface area contributed by atoms with Crippen LogP contribution >= 0.6 is 11.3 Å². The number of esters is 1. The molecule has 5 rings (SSSR count). The highest BCUT2D eigenvalue weighted by Crippen LogP contribution is 2.46. The summed E-state index contributed by atoms with van der Waals surface area (Å²) in [5.74, 6) is -1.30. The molecular weight excluding hydrogens is 461 g/mol. The van der Waals surface area contributed by atoms with E-state index in [0.29, 0.717) is 41.7 Å². The Hall–Kier alpha value is -3.51. The molecule has 2 aliphatic rings. The predicted molar refractivity (Wildman–Crippen MR) is 134 cm³/mol. The highest BCUT2D eigenvalue weighted by Gasteiger charge is 2.41. The molecule has 0 radical (unpaired) electrons. The van der Waals surface area contributed by atoms with E-state index < -0.39 is 11.9 Å². The number of dihydropyridines is 1. The number of nitrogens with one attached hydrogen (secondary N) is 1. The van der Waals surface area contributed by atoms with E-state index in [-0.39, 0.29) is 24.1 Å². The Kier molecular flexibility index (Phi) is 6.64.